The van der Waals surface area contributed by atoms with Gasteiger partial charge in [0.05, 0.1) is 0 Å². The first-order valence-corrected chi connectivity index (χ1v) is 7.71. The van der Waals surface area contributed by atoms with Crippen LogP contribution in [0.1, 0.15) is 32.6 Å². The van der Waals surface area contributed by atoms with Crippen molar-refractivity contribution in [2.45, 2.75) is 38.6 Å². The lowest BCUT2D eigenvalue weighted by Gasteiger charge is -2.34. The first kappa shape index (κ1) is 13.3. The maximum absolute atomic E-state index is 3.45. The summed E-state index contributed by atoms with van der Waals surface area (Å²) in [5.74, 6) is 1.31. The van der Waals surface area contributed by atoms with Gasteiger partial charge < -0.3 is 10.2 Å². The fourth-order valence-electron chi connectivity index (χ4n) is 2.35. The van der Waals surface area contributed by atoms with Crippen LogP contribution in [-0.4, -0.2) is 49.1 Å². The van der Waals surface area contributed by atoms with Crippen LogP contribution >= 0.6 is 11.8 Å². The zero-order chi connectivity index (χ0) is 10.9. The van der Waals surface area contributed by atoms with Gasteiger partial charge in [0.15, 0.2) is 0 Å². The first-order chi connectivity index (χ1) is 7.38. The molecule has 0 atom stereocenters. The number of hydrogen-bond acceptors (Lipinski definition) is 3. The third-order valence-electron chi connectivity index (χ3n) is 3.13. The van der Waals surface area contributed by atoms with E-state index in [2.05, 4.69) is 23.4 Å². The molecule has 1 saturated heterocycles. The van der Waals surface area contributed by atoms with E-state index in [9.17, 15) is 0 Å². The molecule has 1 fully saturated rings. The molecule has 15 heavy (non-hydrogen) atoms. The molecule has 0 bridgehead atoms. The fourth-order valence-corrected chi connectivity index (χ4v) is 2.77. The SMILES string of the molecule is CCCN(CCCSC)C1CCNCC1. The minimum absolute atomic E-state index is 0.855. The summed E-state index contributed by atoms with van der Waals surface area (Å²) >= 11 is 1.97. The minimum Gasteiger partial charge on any atom is -0.317 e. The lowest BCUT2D eigenvalue weighted by Crippen LogP contribution is -2.44. The van der Waals surface area contributed by atoms with Gasteiger partial charge in [0.2, 0.25) is 0 Å². The molecule has 3 heteroatoms. The average Bonchev–Trinajstić information content (AvgIpc) is 2.29. The number of rotatable bonds is 7. The van der Waals surface area contributed by atoms with Crippen LogP contribution in [0.3, 0.4) is 0 Å². The van der Waals surface area contributed by atoms with Crippen molar-refractivity contribution in [3.05, 3.63) is 0 Å². The van der Waals surface area contributed by atoms with E-state index in [1.165, 1.54) is 57.6 Å². The van der Waals surface area contributed by atoms with Crippen molar-refractivity contribution in [1.82, 2.24) is 10.2 Å². The van der Waals surface area contributed by atoms with Gasteiger partial charge in [-0.05, 0) is 63.9 Å². The molecule has 1 rings (SSSR count). The monoisotopic (exact) mass is 230 g/mol. The maximum Gasteiger partial charge on any atom is 0.0119 e. The van der Waals surface area contributed by atoms with Gasteiger partial charge in [0.1, 0.15) is 0 Å². The summed E-state index contributed by atoms with van der Waals surface area (Å²) in [6.07, 6.45) is 7.54. The highest BCUT2D eigenvalue weighted by Gasteiger charge is 2.19. The summed E-state index contributed by atoms with van der Waals surface area (Å²) in [5, 5.41) is 3.45. The van der Waals surface area contributed by atoms with Crippen LogP contribution in [0, 0.1) is 0 Å². The number of nitrogens with one attached hydrogen (secondary N) is 1. The summed E-state index contributed by atoms with van der Waals surface area (Å²) in [4.78, 5) is 2.72. The Morgan fingerprint density at radius 2 is 2.00 bits per heavy atom. The highest BCUT2D eigenvalue weighted by molar-refractivity contribution is 7.98. The summed E-state index contributed by atoms with van der Waals surface area (Å²) in [6, 6.07) is 0.855. The van der Waals surface area contributed by atoms with E-state index < -0.39 is 0 Å². The molecule has 0 aromatic carbocycles. The topological polar surface area (TPSA) is 15.3 Å². The molecule has 0 aromatic heterocycles. The van der Waals surface area contributed by atoms with Crippen molar-refractivity contribution < 1.29 is 0 Å². The fraction of sp³-hybridized carbons (Fsp3) is 1.00. The van der Waals surface area contributed by atoms with Gasteiger partial charge in [-0.3, -0.25) is 0 Å². The Bertz CT molecular complexity index is 147. The Labute approximate surface area is 99.2 Å². The lowest BCUT2D eigenvalue weighted by molar-refractivity contribution is 0.163. The van der Waals surface area contributed by atoms with E-state index >= 15 is 0 Å². The van der Waals surface area contributed by atoms with Gasteiger partial charge in [0.25, 0.3) is 0 Å². The Kier molecular flexibility index (Phi) is 7.49. The Balaban J connectivity index is 2.26. The molecule has 1 N–H and O–H groups in total. The molecule has 0 aromatic rings. The summed E-state index contributed by atoms with van der Waals surface area (Å²) in [7, 11) is 0. The molecule has 90 valence electrons. The van der Waals surface area contributed by atoms with Gasteiger partial charge in [-0.15, -0.1) is 0 Å². The normalized spacial score (nSPS) is 18.6. The van der Waals surface area contributed by atoms with Gasteiger partial charge in [-0.25, -0.2) is 0 Å². The molecule has 0 spiro atoms. The molecule has 1 aliphatic rings. The predicted molar refractivity (Wildman–Crippen MR) is 70.8 cm³/mol. The molecule has 0 unspecified atom stereocenters. The van der Waals surface area contributed by atoms with Gasteiger partial charge >= 0.3 is 0 Å². The quantitative estimate of drug-likeness (QED) is 0.675. The summed E-state index contributed by atoms with van der Waals surface area (Å²) < 4.78 is 0. The van der Waals surface area contributed by atoms with Gasteiger partial charge in [-0.2, -0.15) is 11.8 Å². The van der Waals surface area contributed by atoms with Crippen LogP contribution in [0.2, 0.25) is 0 Å². The molecule has 0 amide bonds. The Morgan fingerprint density at radius 1 is 1.27 bits per heavy atom. The first-order valence-electron chi connectivity index (χ1n) is 6.32. The third kappa shape index (κ3) is 5.23. The van der Waals surface area contributed by atoms with Crippen molar-refractivity contribution >= 4 is 11.8 Å². The van der Waals surface area contributed by atoms with Crippen molar-refractivity contribution in [2.75, 3.05) is 38.2 Å². The van der Waals surface area contributed by atoms with Crippen molar-refractivity contribution in [3.63, 3.8) is 0 Å². The molecule has 1 heterocycles. The van der Waals surface area contributed by atoms with Crippen LogP contribution < -0.4 is 5.32 Å². The van der Waals surface area contributed by atoms with Crippen LogP contribution in [0.4, 0.5) is 0 Å². The van der Waals surface area contributed by atoms with Crippen LogP contribution in [-0.2, 0) is 0 Å². The van der Waals surface area contributed by atoms with Crippen LogP contribution in [0.5, 0.6) is 0 Å². The number of thioether (sulfide) groups is 1. The summed E-state index contributed by atoms with van der Waals surface area (Å²) in [6.45, 7) is 7.32. The van der Waals surface area contributed by atoms with Gasteiger partial charge in [-0.1, -0.05) is 6.92 Å². The minimum atomic E-state index is 0.855. The van der Waals surface area contributed by atoms with Crippen LogP contribution in [0.15, 0.2) is 0 Å². The Hall–Kier alpha value is 0.270. The highest BCUT2D eigenvalue weighted by Crippen LogP contribution is 2.13. The number of nitrogens with zero attached hydrogens (tertiary/aromatic N) is 1. The molecular formula is C12H26N2S. The van der Waals surface area contributed by atoms with Crippen molar-refractivity contribution in [3.8, 4) is 0 Å². The van der Waals surface area contributed by atoms with E-state index in [0.29, 0.717) is 0 Å². The molecule has 0 radical (unpaired) electrons. The Morgan fingerprint density at radius 3 is 2.60 bits per heavy atom. The second kappa shape index (κ2) is 8.43. The molecule has 0 saturated carbocycles. The highest BCUT2D eigenvalue weighted by atomic mass is 32.2. The maximum atomic E-state index is 3.45. The van der Waals surface area contributed by atoms with Gasteiger partial charge in [0, 0.05) is 6.04 Å². The van der Waals surface area contributed by atoms with E-state index in [0.717, 1.165) is 6.04 Å². The predicted octanol–water partition coefficient (Wildman–Crippen LogP) is 2.20. The van der Waals surface area contributed by atoms with E-state index in [4.69, 9.17) is 0 Å². The average molecular weight is 230 g/mol. The standard InChI is InChI=1S/C12H26N2S/c1-3-9-14(10-4-11-15-2)12-5-7-13-8-6-12/h12-13H,3-11H2,1-2H3. The second-order valence-electron chi connectivity index (χ2n) is 4.36. The molecule has 2 nitrogen and oxygen atoms in total. The zero-order valence-corrected chi connectivity index (χ0v) is 11.1. The molecule has 1 aliphatic heterocycles. The second-order valence-corrected chi connectivity index (χ2v) is 5.35. The van der Waals surface area contributed by atoms with Crippen LogP contribution in [0.25, 0.3) is 0 Å². The lowest BCUT2D eigenvalue weighted by atomic mass is 10.0. The number of piperidine rings is 1. The van der Waals surface area contributed by atoms with E-state index in [-0.39, 0.29) is 0 Å². The number of hydrogen-bond donors (Lipinski definition) is 1. The molecular weight excluding hydrogens is 204 g/mol. The summed E-state index contributed by atoms with van der Waals surface area (Å²) in [5.41, 5.74) is 0. The largest absolute Gasteiger partial charge is 0.317 e. The third-order valence-corrected chi connectivity index (χ3v) is 3.83. The van der Waals surface area contributed by atoms with Crippen molar-refractivity contribution in [1.29, 1.82) is 0 Å². The molecule has 0 aliphatic carbocycles. The van der Waals surface area contributed by atoms with Crippen molar-refractivity contribution in [2.24, 2.45) is 0 Å². The van der Waals surface area contributed by atoms with E-state index in [1.807, 2.05) is 11.8 Å². The van der Waals surface area contributed by atoms with E-state index in [1.54, 1.807) is 0 Å². The zero-order valence-electron chi connectivity index (χ0n) is 10.3. The smallest absolute Gasteiger partial charge is 0.0119 e.